The summed E-state index contributed by atoms with van der Waals surface area (Å²) in [5.74, 6) is 0.971. The Morgan fingerprint density at radius 2 is 2.17 bits per heavy atom. The molecule has 2 N–H and O–H groups in total. The van der Waals surface area contributed by atoms with Crippen molar-refractivity contribution in [3.63, 3.8) is 0 Å². The second-order valence-corrected chi connectivity index (χ2v) is 2.66. The van der Waals surface area contributed by atoms with Crippen LogP contribution in [0.3, 0.4) is 0 Å². The van der Waals surface area contributed by atoms with E-state index in [9.17, 15) is 0 Å². The van der Waals surface area contributed by atoms with Gasteiger partial charge in [0.05, 0.1) is 6.04 Å². The lowest BCUT2D eigenvalue weighted by Crippen LogP contribution is -2.06. The highest BCUT2D eigenvalue weighted by molar-refractivity contribution is 4.92. The molecule has 1 rings (SSSR count). The Morgan fingerprint density at radius 3 is 2.58 bits per heavy atom. The van der Waals surface area contributed by atoms with Crippen molar-refractivity contribution in [2.75, 3.05) is 7.11 Å². The smallest absolute Gasteiger partial charge is 0.243 e. The van der Waals surface area contributed by atoms with Crippen LogP contribution in [0.4, 0.5) is 0 Å². The Hall–Kier alpha value is -0.940. The second kappa shape index (κ2) is 3.64. The van der Waals surface area contributed by atoms with Crippen molar-refractivity contribution >= 4 is 0 Å². The summed E-state index contributed by atoms with van der Waals surface area (Å²) in [7, 11) is 1.59. The van der Waals surface area contributed by atoms with E-state index < -0.39 is 0 Å². The number of hydrogen-bond acceptors (Lipinski definition) is 5. The van der Waals surface area contributed by atoms with Crippen LogP contribution in [0.25, 0.3) is 0 Å². The van der Waals surface area contributed by atoms with Crippen molar-refractivity contribution in [2.24, 2.45) is 5.73 Å². The van der Waals surface area contributed by atoms with E-state index in [1.165, 1.54) is 0 Å². The Labute approximate surface area is 70.9 Å². The average Bonchev–Trinajstić information content (AvgIpc) is 2.51. The largest absolute Gasteiger partial charge is 0.374 e. The van der Waals surface area contributed by atoms with Gasteiger partial charge >= 0.3 is 0 Å². The van der Waals surface area contributed by atoms with Gasteiger partial charge in [0, 0.05) is 7.11 Å². The molecule has 0 aromatic carbocycles. The van der Waals surface area contributed by atoms with Crippen LogP contribution >= 0.6 is 0 Å². The van der Waals surface area contributed by atoms with Gasteiger partial charge < -0.3 is 15.0 Å². The summed E-state index contributed by atoms with van der Waals surface area (Å²) in [5.41, 5.74) is 5.53. The summed E-state index contributed by atoms with van der Waals surface area (Å²) in [6.45, 7) is 3.63. The van der Waals surface area contributed by atoms with Crippen molar-refractivity contribution in [3.05, 3.63) is 11.7 Å². The number of nitrogens with zero attached hydrogens (tertiary/aromatic N) is 2. The molecule has 0 aliphatic rings. The van der Waals surface area contributed by atoms with E-state index in [0.29, 0.717) is 11.7 Å². The maximum Gasteiger partial charge on any atom is 0.243 e. The van der Waals surface area contributed by atoms with Crippen LogP contribution in [0.15, 0.2) is 4.52 Å². The van der Waals surface area contributed by atoms with Gasteiger partial charge in [-0.3, -0.25) is 0 Å². The maximum absolute atomic E-state index is 5.53. The maximum atomic E-state index is 5.53. The highest BCUT2D eigenvalue weighted by Crippen LogP contribution is 2.13. The number of rotatable bonds is 3. The zero-order valence-corrected chi connectivity index (χ0v) is 7.44. The predicted octanol–water partition coefficient (Wildman–Crippen LogP) is 0.797. The van der Waals surface area contributed by atoms with Gasteiger partial charge in [-0.05, 0) is 13.8 Å². The minimum Gasteiger partial charge on any atom is -0.374 e. The Morgan fingerprint density at radius 1 is 1.50 bits per heavy atom. The third-order valence-electron chi connectivity index (χ3n) is 1.56. The molecule has 1 aromatic heterocycles. The SMILES string of the molecule is CO[C@H](C)c1noc([C@H](C)N)n1. The molecular formula is C7H13N3O2. The van der Waals surface area contributed by atoms with Crippen molar-refractivity contribution < 1.29 is 9.26 Å². The predicted molar refractivity (Wildman–Crippen MR) is 42.3 cm³/mol. The molecule has 0 aliphatic heterocycles. The zero-order chi connectivity index (χ0) is 9.14. The van der Waals surface area contributed by atoms with E-state index in [2.05, 4.69) is 10.1 Å². The normalized spacial score (nSPS) is 16.0. The van der Waals surface area contributed by atoms with E-state index in [1.807, 2.05) is 6.92 Å². The number of aromatic nitrogens is 2. The molecule has 1 heterocycles. The fraction of sp³-hybridized carbons (Fsp3) is 0.714. The average molecular weight is 171 g/mol. The lowest BCUT2D eigenvalue weighted by atomic mass is 10.3. The molecule has 5 nitrogen and oxygen atoms in total. The van der Waals surface area contributed by atoms with E-state index in [4.69, 9.17) is 15.0 Å². The summed E-state index contributed by atoms with van der Waals surface area (Å²) in [4.78, 5) is 4.05. The molecule has 0 spiro atoms. The van der Waals surface area contributed by atoms with Gasteiger partial charge in [0.15, 0.2) is 5.82 Å². The Kier molecular flexibility index (Phi) is 2.78. The van der Waals surface area contributed by atoms with E-state index in [0.717, 1.165) is 0 Å². The van der Waals surface area contributed by atoms with Crippen molar-refractivity contribution in [1.82, 2.24) is 10.1 Å². The van der Waals surface area contributed by atoms with Crippen LogP contribution in [0, 0.1) is 0 Å². The minimum absolute atomic E-state index is 0.152. The number of nitrogens with two attached hydrogens (primary N) is 1. The van der Waals surface area contributed by atoms with Crippen LogP contribution < -0.4 is 5.73 Å². The minimum atomic E-state index is -0.227. The summed E-state index contributed by atoms with van der Waals surface area (Å²) in [6.07, 6.45) is -0.152. The molecule has 0 saturated heterocycles. The van der Waals surface area contributed by atoms with Crippen molar-refractivity contribution in [3.8, 4) is 0 Å². The molecule has 12 heavy (non-hydrogen) atoms. The van der Waals surface area contributed by atoms with Gasteiger partial charge in [-0.2, -0.15) is 4.98 Å². The molecule has 0 amide bonds. The van der Waals surface area contributed by atoms with Gasteiger partial charge in [-0.25, -0.2) is 0 Å². The molecule has 0 aliphatic carbocycles. The molecule has 5 heteroatoms. The quantitative estimate of drug-likeness (QED) is 0.728. The molecule has 0 saturated carbocycles. The topological polar surface area (TPSA) is 74.2 Å². The summed E-state index contributed by atoms with van der Waals surface area (Å²) < 4.78 is 9.89. The highest BCUT2D eigenvalue weighted by Gasteiger charge is 2.14. The van der Waals surface area contributed by atoms with Crippen LogP contribution in [0.1, 0.15) is 37.7 Å². The van der Waals surface area contributed by atoms with Crippen molar-refractivity contribution in [1.29, 1.82) is 0 Å². The summed E-state index contributed by atoms with van der Waals surface area (Å²) in [5, 5.41) is 3.72. The van der Waals surface area contributed by atoms with Crippen molar-refractivity contribution in [2.45, 2.75) is 26.0 Å². The van der Waals surface area contributed by atoms with Gasteiger partial charge in [0.2, 0.25) is 5.89 Å². The first-order valence-corrected chi connectivity index (χ1v) is 3.77. The van der Waals surface area contributed by atoms with E-state index >= 15 is 0 Å². The number of hydrogen-bond donors (Lipinski definition) is 1. The van der Waals surface area contributed by atoms with Gasteiger partial charge in [0.1, 0.15) is 6.10 Å². The molecule has 68 valence electrons. The molecule has 0 unspecified atom stereocenters. The number of methoxy groups -OCH3 is 1. The summed E-state index contributed by atoms with van der Waals surface area (Å²) >= 11 is 0. The Bertz CT molecular complexity index is 247. The third kappa shape index (κ3) is 1.80. The van der Waals surface area contributed by atoms with Crippen LogP contribution in [0.2, 0.25) is 0 Å². The second-order valence-electron chi connectivity index (χ2n) is 2.66. The molecular weight excluding hydrogens is 158 g/mol. The lowest BCUT2D eigenvalue weighted by molar-refractivity contribution is 0.109. The zero-order valence-electron chi connectivity index (χ0n) is 7.44. The van der Waals surface area contributed by atoms with Crippen LogP contribution in [-0.4, -0.2) is 17.3 Å². The van der Waals surface area contributed by atoms with Crippen LogP contribution in [-0.2, 0) is 4.74 Å². The Balaban J connectivity index is 2.77. The van der Waals surface area contributed by atoms with Crippen LogP contribution in [0.5, 0.6) is 0 Å². The first kappa shape index (κ1) is 9.15. The van der Waals surface area contributed by atoms with Gasteiger partial charge in [0.25, 0.3) is 0 Å². The molecule has 0 bridgehead atoms. The standard InChI is InChI=1S/C7H13N3O2/c1-4(8)7-9-6(10-12-7)5(2)11-3/h4-5H,8H2,1-3H3/t4-,5+/m0/s1. The van der Waals surface area contributed by atoms with E-state index in [1.54, 1.807) is 14.0 Å². The lowest BCUT2D eigenvalue weighted by Gasteiger charge is -2.01. The van der Waals surface area contributed by atoms with E-state index in [-0.39, 0.29) is 12.1 Å². The third-order valence-corrected chi connectivity index (χ3v) is 1.56. The molecule has 0 fully saturated rings. The fourth-order valence-corrected chi connectivity index (χ4v) is 0.703. The molecule has 1 aromatic rings. The first-order valence-electron chi connectivity index (χ1n) is 3.77. The molecule has 0 radical (unpaired) electrons. The fourth-order valence-electron chi connectivity index (χ4n) is 0.703. The van der Waals surface area contributed by atoms with Gasteiger partial charge in [-0.15, -0.1) is 0 Å². The first-order chi connectivity index (χ1) is 5.65. The number of ether oxygens (including phenoxy) is 1. The summed E-state index contributed by atoms with van der Waals surface area (Å²) in [6, 6.07) is -0.227. The highest BCUT2D eigenvalue weighted by atomic mass is 16.5. The van der Waals surface area contributed by atoms with Gasteiger partial charge in [-0.1, -0.05) is 5.16 Å². The molecule has 2 atom stereocenters. The monoisotopic (exact) mass is 171 g/mol.